The predicted octanol–water partition coefficient (Wildman–Crippen LogP) is 5.05. The van der Waals surface area contributed by atoms with Crippen LogP contribution in [0.15, 0.2) is 68.0 Å². The highest BCUT2D eigenvalue weighted by molar-refractivity contribution is 9.10. The molecule has 2 heterocycles. The van der Waals surface area contributed by atoms with E-state index in [0.717, 1.165) is 21.2 Å². The minimum Gasteiger partial charge on any atom is -0.420 e. The van der Waals surface area contributed by atoms with E-state index in [1.807, 2.05) is 61.5 Å². The van der Waals surface area contributed by atoms with Gasteiger partial charge in [0.25, 0.3) is 5.89 Å². The molecular formula is C19H14BrN3O2. The minimum absolute atomic E-state index is 0.419. The van der Waals surface area contributed by atoms with Crippen LogP contribution < -0.4 is 0 Å². The van der Waals surface area contributed by atoms with Crippen LogP contribution in [0.2, 0.25) is 0 Å². The average Bonchev–Trinajstić information content (AvgIpc) is 3.23. The topological polar surface area (TPSA) is 65.0 Å². The van der Waals surface area contributed by atoms with Gasteiger partial charge < -0.3 is 8.94 Å². The standard InChI is InChI=1S/C19H14BrN3O2/c1-12-17(18(25-23-12)14-7-9-15(20)10-8-14)19-22-21-16(24-19)11-13-5-3-2-4-6-13/h2-10H,11H2,1H3. The van der Waals surface area contributed by atoms with Gasteiger partial charge in [-0.1, -0.05) is 51.4 Å². The maximum Gasteiger partial charge on any atom is 0.253 e. The molecule has 4 rings (SSSR count). The zero-order valence-electron chi connectivity index (χ0n) is 13.4. The Morgan fingerprint density at radius 3 is 2.48 bits per heavy atom. The van der Waals surface area contributed by atoms with Gasteiger partial charge in [-0.05, 0) is 36.8 Å². The van der Waals surface area contributed by atoms with E-state index in [1.54, 1.807) is 0 Å². The number of rotatable bonds is 4. The summed E-state index contributed by atoms with van der Waals surface area (Å²) in [7, 11) is 0. The minimum atomic E-state index is 0.419. The Labute approximate surface area is 152 Å². The lowest BCUT2D eigenvalue weighted by Gasteiger charge is -1.99. The first-order valence-corrected chi connectivity index (χ1v) is 8.59. The lowest BCUT2D eigenvalue weighted by atomic mass is 10.1. The summed E-state index contributed by atoms with van der Waals surface area (Å²) in [5.41, 5.74) is 3.47. The lowest BCUT2D eigenvalue weighted by molar-refractivity contribution is 0.427. The fourth-order valence-electron chi connectivity index (χ4n) is 2.62. The molecule has 6 heteroatoms. The number of aryl methyl sites for hydroxylation is 1. The first kappa shape index (κ1) is 15.8. The second kappa shape index (κ2) is 6.64. The zero-order valence-corrected chi connectivity index (χ0v) is 15.0. The average molecular weight is 396 g/mol. The summed E-state index contributed by atoms with van der Waals surface area (Å²) in [6, 6.07) is 17.8. The van der Waals surface area contributed by atoms with Gasteiger partial charge in [0, 0.05) is 10.0 Å². The zero-order chi connectivity index (χ0) is 17.2. The van der Waals surface area contributed by atoms with Crippen LogP contribution in [0.5, 0.6) is 0 Å². The third kappa shape index (κ3) is 3.25. The second-order valence-electron chi connectivity index (χ2n) is 5.64. The molecule has 0 radical (unpaired) electrons. The second-order valence-corrected chi connectivity index (χ2v) is 6.56. The maximum atomic E-state index is 5.87. The van der Waals surface area contributed by atoms with Gasteiger partial charge in [0.2, 0.25) is 5.89 Å². The monoisotopic (exact) mass is 395 g/mol. The highest BCUT2D eigenvalue weighted by Crippen LogP contribution is 2.34. The van der Waals surface area contributed by atoms with E-state index in [9.17, 15) is 0 Å². The summed E-state index contributed by atoms with van der Waals surface area (Å²) in [4.78, 5) is 0. The Hall–Kier alpha value is -2.73. The fourth-order valence-corrected chi connectivity index (χ4v) is 2.88. The Bertz CT molecular complexity index is 991. The molecule has 5 nitrogen and oxygen atoms in total. The van der Waals surface area contributed by atoms with Crippen molar-refractivity contribution in [1.29, 1.82) is 0 Å². The summed E-state index contributed by atoms with van der Waals surface area (Å²) < 4.78 is 12.4. The van der Waals surface area contributed by atoms with E-state index >= 15 is 0 Å². The normalized spacial score (nSPS) is 11.0. The van der Waals surface area contributed by atoms with Gasteiger partial charge in [0.05, 0.1) is 12.1 Å². The Morgan fingerprint density at radius 1 is 0.960 bits per heavy atom. The van der Waals surface area contributed by atoms with Gasteiger partial charge >= 0.3 is 0 Å². The van der Waals surface area contributed by atoms with E-state index < -0.39 is 0 Å². The van der Waals surface area contributed by atoms with Gasteiger partial charge in [0.1, 0.15) is 5.56 Å². The van der Waals surface area contributed by atoms with E-state index in [4.69, 9.17) is 8.94 Å². The highest BCUT2D eigenvalue weighted by Gasteiger charge is 2.22. The molecular weight excluding hydrogens is 382 g/mol. The van der Waals surface area contributed by atoms with Gasteiger partial charge in [-0.3, -0.25) is 0 Å². The Balaban J connectivity index is 1.69. The van der Waals surface area contributed by atoms with Crippen molar-refractivity contribution in [3.05, 3.63) is 76.2 Å². The highest BCUT2D eigenvalue weighted by atomic mass is 79.9. The smallest absolute Gasteiger partial charge is 0.253 e. The molecule has 0 N–H and O–H groups in total. The van der Waals surface area contributed by atoms with Crippen LogP contribution in [-0.4, -0.2) is 15.4 Å². The molecule has 0 aliphatic rings. The summed E-state index contributed by atoms with van der Waals surface area (Å²) in [6.07, 6.45) is 0.589. The molecule has 0 saturated carbocycles. The van der Waals surface area contributed by atoms with Crippen molar-refractivity contribution in [2.75, 3.05) is 0 Å². The van der Waals surface area contributed by atoms with E-state index in [0.29, 0.717) is 29.7 Å². The molecule has 25 heavy (non-hydrogen) atoms. The van der Waals surface area contributed by atoms with Crippen molar-refractivity contribution in [3.8, 4) is 22.8 Å². The number of halogens is 1. The van der Waals surface area contributed by atoms with Crippen molar-refractivity contribution in [2.24, 2.45) is 0 Å². The van der Waals surface area contributed by atoms with Crippen LogP contribution in [0, 0.1) is 6.92 Å². The van der Waals surface area contributed by atoms with Gasteiger partial charge in [-0.25, -0.2) is 0 Å². The van der Waals surface area contributed by atoms with Crippen molar-refractivity contribution >= 4 is 15.9 Å². The van der Waals surface area contributed by atoms with Crippen molar-refractivity contribution in [1.82, 2.24) is 15.4 Å². The summed E-state index contributed by atoms with van der Waals surface area (Å²) in [5, 5.41) is 12.4. The van der Waals surface area contributed by atoms with Crippen molar-refractivity contribution in [3.63, 3.8) is 0 Å². The van der Waals surface area contributed by atoms with Crippen LogP contribution in [0.25, 0.3) is 22.8 Å². The predicted molar refractivity (Wildman–Crippen MR) is 96.9 cm³/mol. The quantitative estimate of drug-likeness (QED) is 0.483. The molecule has 0 unspecified atom stereocenters. The largest absolute Gasteiger partial charge is 0.420 e. The third-order valence-corrected chi connectivity index (χ3v) is 4.38. The van der Waals surface area contributed by atoms with Crippen molar-refractivity contribution < 1.29 is 8.94 Å². The van der Waals surface area contributed by atoms with Gasteiger partial charge in [0.15, 0.2) is 5.76 Å². The Kier molecular flexibility index (Phi) is 4.19. The fraction of sp³-hybridized carbons (Fsp3) is 0.105. The van der Waals surface area contributed by atoms with E-state index in [1.165, 1.54) is 0 Å². The first-order chi connectivity index (χ1) is 12.2. The summed E-state index contributed by atoms with van der Waals surface area (Å²) in [6.45, 7) is 1.86. The SMILES string of the molecule is Cc1noc(-c2ccc(Br)cc2)c1-c1nnc(Cc2ccccc2)o1. The molecule has 0 bridgehead atoms. The van der Waals surface area contributed by atoms with E-state index in [-0.39, 0.29) is 0 Å². The lowest BCUT2D eigenvalue weighted by Crippen LogP contribution is -1.87. The molecule has 2 aromatic heterocycles. The van der Waals surface area contributed by atoms with Crippen molar-refractivity contribution in [2.45, 2.75) is 13.3 Å². The van der Waals surface area contributed by atoms with Crippen LogP contribution in [-0.2, 0) is 6.42 Å². The molecule has 0 spiro atoms. The number of benzene rings is 2. The van der Waals surface area contributed by atoms with Gasteiger partial charge in [-0.15, -0.1) is 10.2 Å². The van der Waals surface area contributed by atoms with Crippen LogP contribution in [0.3, 0.4) is 0 Å². The molecule has 0 aliphatic heterocycles. The summed E-state index contributed by atoms with van der Waals surface area (Å²) >= 11 is 3.43. The number of aromatic nitrogens is 3. The molecule has 0 atom stereocenters. The molecule has 0 saturated heterocycles. The molecule has 2 aromatic carbocycles. The number of nitrogens with zero attached hydrogens (tertiary/aromatic N) is 3. The van der Waals surface area contributed by atoms with Gasteiger partial charge in [-0.2, -0.15) is 0 Å². The van der Waals surface area contributed by atoms with Crippen LogP contribution in [0.1, 0.15) is 17.1 Å². The molecule has 0 fully saturated rings. The number of hydrogen-bond acceptors (Lipinski definition) is 5. The van der Waals surface area contributed by atoms with Crippen LogP contribution in [0.4, 0.5) is 0 Å². The third-order valence-electron chi connectivity index (χ3n) is 3.85. The molecule has 0 aliphatic carbocycles. The summed E-state index contributed by atoms with van der Waals surface area (Å²) in [5.74, 6) is 1.60. The molecule has 4 aromatic rings. The van der Waals surface area contributed by atoms with E-state index in [2.05, 4.69) is 31.3 Å². The first-order valence-electron chi connectivity index (χ1n) is 7.79. The number of hydrogen-bond donors (Lipinski definition) is 0. The maximum absolute atomic E-state index is 5.87. The Morgan fingerprint density at radius 2 is 1.72 bits per heavy atom. The molecule has 124 valence electrons. The molecule has 0 amide bonds. The van der Waals surface area contributed by atoms with Crippen LogP contribution >= 0.6 is 15.9 Å².